The lowest BCUT2D eigenvalue weighted by molar-refractivity contribution is -0.126. The molecule has 0 heterocycles. The number of carbonyl (C=O) groups excluding carboxylic acids is 4. The molecule has 48 heavy (non-hydrogen) atoms. The van der Waals surface area contributed by atoms with Crippen LogP contribution < -0.4 is 21.7 Å². The number of hydrazine groups is 2. The molecule has 2 aromatic carbocycles. The maximum Gasteiger partial charge on any atom is 0.273 e. The molecule has 0 saturated carbocycles. The Hall–Kier alpha value is -4.08. The highest BCUT2D eigenvalue weighted by Gasteiger charge is 2.21. The Labute approximate surface area is 286 Å². The van der Waals surface area contributed by atoms with E-state index in [4.69, 9.17) is 0 Å². The second-order valence-corrected chi connectivity index (χ2v) is 12.8. The second-order valence-electron chi connectivity index (χ2n) is 12.8. The highest BCUT2D eigenvalue weighted by atomic mass is 16.3. The van der Waals surface area contributed by atoms with Crippen molar-refractivity contribution in [1.82, 2.24) is 21.7 Å². The second kappa shape index (κ2) is 22.5. The van der Waals surface area contributed by atoms with Gasteiger partial charge >= 0.3 is 0 Å². The van der Waals surface area contributed by atoms with Gasteiger partial charge < -0.3 is 10.2 Å². The van der Waals surface area contributed by atoms with Gasteiger partial charge in [0.15, 0.2) is 0 Å². The first-order valence-corrected chi connectivity index (χ1v) is 18.0. The molecule has 10 heteroatoms. The Morgan fingerprint density at radius 3 is 1.52 bits per heavy atom. The smallest absolute Gasteiger partial charge is 0.273 e. The Kier molecular flexibility index (Phi) is 18.8. The minimum atomic E-state index is -0.539. The van der Waals surface area contributed by atoms with Crippen LogP contribution in [-0.4, -0.2) is 33.8 Å². The number of unbranched alkanes of at least 4 members (excludes halogenated alkanes) is 8. The third-order valence-corrected chi connectivity index (χ3v) is 8.91. The number of phenolic OH excluding ortho intramolecular Hbond substituents is 2. The van der Waals surface area contributed by atoms with Gasteiger partial charge in [0.05, 0.1) is 11.1 Å². The summed E-state index contributed by atoms with van der Waals surface area (Å²) in [4.78, 5) is 51.2. The van der Waals surface area contributed by atoms with Crippen LogP contribution in [0.15, 0.2) is 36.4 Å². The third kappa shape index (κ3) is 13.6. The molecule has 2 aromatic rings. The van der Waals surface area contributed by atoms with E-state index < -0.39 is 11.8 Å². The molecule has 0 bridgehead atoms. The number of carbonyl (C=O) groups is 4. The maximum atomic E-state index is 12.9. The fraction of sp³-hybridized carbons (Fsp3) is 0.579. The van der Waals surface area contributed by atoms with E-state index in [2.05, 4.69) is 35.6 Å². The molecule has 2 atom stereocenters. The van der Waals surface area contributed by atoms with Gasteiger partial charge in [-0.15, -0.1) is 0 Å². The molecule has 6 N–H and O–H groups in total. The van der Waals surface area contributed by atoms with Gasteiger partial charge in [0.1, 0.15) is 11.5 Å². The van der Waals surface area contributed by atoms with E-state index in [0.29, 0.717) is 32.1 Å². The van der Waals surface area contributed by atoms with Crippen LogP contribution in [0, 0.1) is 11.8 Å². The van der Waals surface area contributed by atoms with Gasteiger partial charge in [0, 0.05) is 11.8 Å². The van der Waals surface area contributed by atoms with Crippen LogP contribution in [0.5, 0.6) is 11.5 Å². The van der Waals surface area contributed by atoms with Crippen LogP contribution in [0.25, 0.3) is 0 Å². The van der Waals surface area contributed by atoms with Crippen molar-refractivity contribution >= 4 is 23.6 Å². The lowest BCUT2D eigenvalue weighted by Gasteiger charge is -2.17. The number of hydrogen-bond donors (Lipinski definition) is 6. The number of hydrogen-bond acceptors (Lipinski definition) is 6. The summed E-state index contributed by atoms with van der Waals surface area (Å²) >= 11 is 0. The molecule has 0 spiro atoms. The third-order valence-electron chi connectivity index (χ3n) is 8.91. The molecule has 0 aliphatic heterocycles. The summed E-state index contributed by atoms with van der Waals surface area (Å²) in [6, 6.07) is 10.1. The zero-order valence-corrected chi connectivity index (χ0v) is 29.5. The van der Waals surface area contributed by atoms with Crippen molar-refractivity contribution in [2.24, 2.45) is 11.8 Å². The summed E-state index contributed by atoms with van der Waals surface area (Å²) in [7, 11) is 0. The first-order valence-electron chi connectivity index (χ1n) is 18.0. The molecular formula is C38H58N4O6. The Balaban J connectivity index is 1.74. The maximum absolute atomic E-state index is 12.9. The SMILES string of the molecule is CCCCCCc1cccc(O)c1C(=O)NNC(=O)C(C)CCCCCC(CC)C(=O)NNC(=O)c1c(O)cccc1CCCCCC. The molecule has 266 valence electrons. The number of aromatic hydroxyl groups is 2. The molecule has 10 nitrogen and oxygen atoms in total. The number of nitrogens with one attached hydrogen (secondary N) is 4. The first kappa shape index (κ1) is 40.1. The van der Waals surface area contributed by atoms with E-state index >= 15 is 0 Å². The van der Waals surface area contributed by atoms with Gasteiger partial charge in [0.25, 0.3) is 11.8 Å². The van der Waals surface area contributed by atoms with E-state index in [0.717, 1.165) is 81.8 Å². The van der Waals surface area contributed by atoms with Crippen LogP contribution >= 0.6 is 0 Å². The van der Waals surface area contributed by atoms with Crippen LogP contribution in [-0.2, 0) is 22.4 Å². The fourth-order valence-corrected chi connectivity index (χ4v) is 5.86. The molecular weight excluding hydrogens is 608 g/mol. The summed E-state index contributed by atoms with van der Waals surface area (Å²) in [5.41, 5.74) is 11.9. The van der Waals surface area contributed by atoms with Crippen molar-refractivity contribution < 1.29 is 29.4 Å². The molecule has 0 radical (unpaired) electrons. The number of rotatable bonds is 21. The number of aryl methyl sites for hydroxylation is 2. The topological polar surface area (TPSA) is 157 Å². The van der Waals surface area contributed by atoms with Crippen LogP contribution in [0.2, 0.25) is 0 Å². The summed E-state index contributed by atoms with van der Waals surface area (Å²) in [5, 5.41) is 20.7. The van der Waals surface area contributed by atoms with E-state index in [1.54, 1.807) is 19.1 Å². The quantitative estimate of drug-likeness (QED) is 0.0612. The van der Waals surface area contributed by atoms with Crippen molar-refractivity contribution in [2.45, 2.75) is 130 Å². The normalized spacial score (nSPS) is 12.2. The minimum absolute atomic E-state index is 0.107. The predicted octanol–water partition coefficient (Wildman–Crippen LogP) is 7.18. The molecule has 0 saturated heterocycles. The van der Waals surface area contributed by atoms with Crippen molar-refractivity contribution in [3.63, 3.8) is 0 Å². The van der Waals surface area contributed by atoms with Crippen molar-refractivity contribution in [3.8, 4) is 11.5 Å². The zero-order valence-electron chi connectivity index (χ0n) is 29.5. The average Bonchev–Trinajstić information content (AvgIpc) is 3.07. The van der Waals surface area contributed by atoms with Crippen molar-refractivity contribution in [2.75, 3.05) is 0 Å². The van der Waals surface area contributed by atoms with Crippen LogP contribution in [0.3, 0.4) is 0 Å². The van der Waals surface area contributed by atoms with E-state index in [9.17, 15) is 29.4 Å². The van der Waals surface area contributed by atoms with Gasteiger partial charge in [-0.2, -0.15) is 0 Å². The highest BCUT2D eigenvalue weighted by molar-refractivity contribution is 6.00. The van der Waals surface area contributed by atoms with Crippen LogP contribution in [0.1, 0.15) is 149 Å². The molecule has 0 aliphatic carbocycles. The Morgan fingerprint density at radius 2 is 1.04 bits per heavy atom. The summed E-state index contributed by atoms with van der Waals surface area (Å²) in [6.45, 7) is 7.99. The van der Waals surface area contributed by atoms with E-state index in [-0.39, 0.29) is 46.3 Å². The largest absolute Gasteiger partial charge is 0.507 e. The molecule has 2 unspecified atom stereocenters. The monoisotopic (exact) mass is 666 g/mol. The van der Waals surface area contributed by atoms with Gasteiger partial charge in [-0.25, -0.2) is 0 Å². The fourth-order valence-electron chi connectivity index (χ4n) is 5.86. The lowest BCUT2D eigenvalue weighted by Crippen LogP contribution is -2.44. The van der Waals surface area contributed by atoms with Crippen LogP contribution in [0.4, 0.5) is 0 Å². The average molecular weight is 667 g/mol. The summed E-state index contributed by atoms with van der Waals surface area (Å²) in [5.74, 6) is -2.50. The zero-order chi connectivity index (χ0) is 35.3. The highest BCUT2D eigenvalue weighted by Crippen LogP contribution is 2.24. The van der Waals surface area contributed by atoms with Crippen molar-refractivity contribution in [3.05, 3.63) is 58.7 Å². The number of benzene rings is 2. The van der Waals surface area contributed by atoms with Crippen molar-refractivity contribution in [1.29, 1.82) is 0 Å². The first-order chi connectivity index (χ1) is 23.1. The predicted molar refractivity (Wildman–Crippen MR) is 189 cm³/mol. The Bertz CT molecular complexity index is 1310. The summed E-state index contributed by atoms with van der Waals surface area (Å²) in [6.07, 6.45) is 14.0. The van der Waals surface area contributed by atoms with E-state index in [1.165, 1.54) is 12.1 Å². The molecule has 0 aliphatic rings. The minimum Gasteiger partial charge on any atom is -0.507 e. The van der Waals surface area contributed by atoms with E-state index in [1.807, 2.05) is 19.1 Å². The lowest BCUT2D eigenvalue weighted by atomic mass is 9.96. The standard InChI is InChI=1S/C38H58N4O6/c1-5-8-10-14-21-29-23-17-25-31(43)33(29)37(47)41-39-35(45)27(4)19-13-12-16-20-28(7-3)36(46)40-42-38(48)34-30(22-15-11-9-6-2)24-18-26-32(34)44/h17-18,23-28,43-44H,5-16,19-22H2,1-4H3,(H,39,45)(H,40,46)(H,41,47)(H,42,48). The molecule has 0 fully saturated rings. The van der Waals surface area contributed by atoms with Gasteiger partial charge in [0.2, 0.25) is 11.8 Å². The molecule has 4 amide bonds. The van der Waals surface area contributed by atoms with Gasteiger partial charge in [-0.05, 0) is 68.2 Å². The summed E-state index contributed by atoms with van der Waals surface area (Å²) < 4.78 is 0. The Morgan fingerprint density at radius 1 is 0.583 bits per heavy atom. The number of phenols is 2. The van der Waals surface area contributed by atoms with Gasteiger partial charge in [-0.3, -0.25) is 40.9 Å². The molecule has 0 aromatic heterocycles. The number of amides is 4. The van der Waals surface area contributed by atoms with Gasteiger partial charge in [-0.1, -0.05) is 110 Å². The molecule has 2 rings (SSSR count).